The lowest BCUT2D eigenvalue weighted by Gasteiger charge is -2.11. The number of rotatable bonds is 7. The smallest absolute Gasteiger partial charge is 0.261 e. The van der Waals surface area contributed by atoms with Gasteiger partial charge in [0.1, 0.15) is 5.75 Å². The Labute approximate surface area is 177 Å². The third-order valence-corrected chi connectivity index (χ3v) is 7.36. The molecule has 3 rings (SSSR count). The van der Waals surface area contributed by atoms with Crippen molar-refractivity contribution in [1.82, 2.24) is 9.71 Å². The molecule has 4 N–H and O–H groups in total. The molecule has 0 fully saturated rings. The molecule has 0 atom stereocenters. The van der Waals surface area contributed by atoms with E-state index < -0.39 is 26.0 Å². The van der Waals surface area contributed by atoms with E-state index in [9.17, 15) is 21.6 Å². The molecule has 0 aliphatic rings. The number of nitrogens with two attached hydrogens (primary N) is 1. The van der Waals surface area contributed by atoms with E-state index in [4.69, 9.17) is 9.88 Å². The summed E-state index contributed by atoms with van der Waals surface area (Å²) in [6, 6.07) is 8.09. The predicted molar refractivity (Wildman–Crippen MR) is 113 cm³/mol. The van der Waals surface area contributed by atoms with E-state index in [1.165, 1.54) is 43.5 Å². The zero-order valence-electron chi connectivity index (χ0n) is 15.9. The zero-order chi connectivity index (χ0) is 22.1. The van der Waals surface area contributed by atoms with Gasteiger partial charge >= 0.3 is 0 Å². The van der Waals surface area contributed by atoms with Gasteiger partial charge in [-0.3, -0.25) is 10.1 Å². The fourth-order valence-electron chi connectivity index (χ4n) is 2.60. The first kappa shape index (κ1) is 22.1. The number of sulfonamides is 2. The van der Waals surface area contributed by atoms with Crippen LogP contribution >= 0.6 is 11.3 Å². The van der Waals surface area contributed by atoms with E-state index in [1.807, 2.05) is 0 Å². The van der Waals surface area contributed by atoms with Crippen molar-refractivity contribution in [3.8, 4) is 5.75 Å². The van der Waals surface area contributed by atoms with Crippen LogP contribution in [0, 0.1) is 0 Å². The topological polar surface area (TPSA) is 158 Å². The van der Waals surface area contributed by atoms with Gasteiger partial charge < -0.3 is 4.74 Å². The number of thiazole rings is 1. The average Bonchev–Trinajstić information content (AvgIpc) is 3.08. The molecular weight excluding hydrogens is 452 g/mol. The minimum absolute atomic E-state index is 0.000888. The number of amides is 1. The minimum Gasteiger partial charge on any atom is -0.496 e. The van der Waals surface area contributed by atoms with Crippen LogP contribution in [0.3, 0.4) is 0 Å². The summed E-state index contributed by atoms with van der Waals surface area (Å²) in [7, 11) is -6.28. The van der Waals surface area contributed by atoms with Gasteiger partial charge in [-0.25, -0.2) is 31.7 Å². The Morgan fingerprint density at radius 1 is 1.13 bits per heavy atom. The standard InChI is InChI=1S/C17H18N4O6S3/c1-3-19-30(25,26)11-5-7-14(27-2)12(8-11)16(22)21-17-20-13-6-4-10(29(18,23)24)9-15(13)28-17/h4-9,19H,3H2,1-2H3,(H2,18,23,24)(H,20,21,22). The van der Waals surface area contributed by atoms with E-state index in [0.717, 1.165) is 11.3 Å². The molecule has 1 heterocycles. The predicted octanol–water partition coefficient (Wildman–Crippen LogP) is 1.50. The molecule has 1 amide bonds. The normalized spacial score (nSPS) is 12.1. The van der Waals surface area contributed by atoms with E-state index in [2.05, 4.69) is 15.0 Å². The number of carbonyl (C=O) groups excluding carboxylic acids is 1. The molecule has 0 bridgehead atoms. The second-order valence-corrected chi connectivity index (χ2v) is 10.4. The minimum atomic E-state index is -3.87. The number of nitrogens with one attached hydrogen (secondary N) is 2. The largest absolute Gasteiger partial charge is 0.496 e. The van der Waals surface area contributed by atoms with Crippen LogP contribution in [-0.4, -0.2) is 41.4 Å². The summed E-state index contributed by atoms with van der Waals surface area (Å²) in [5.74, 6) is -0.452. The lowest BCUT2D eigenvalue weighted by Crippen LogP contribution is -2.23. The number of hydrogen-bond donors (Lipinski definition) is 3. The molecule has 0 saturated heterocycles. The van der Waals surface area contributed by atoms with Crippen LogP contribution in [0.1, 0.15) is 17.3 Å². The van der Waals surface area contributed by atoms with Gasteiger partial charge in [0.2, 0.25) is 20.0 Å². The first-order valence-electron chi connectivity index (χ1n) is 8.47. The van der Waals surface area contributed by atoms with Crippen molar-refractivity contribution in [3.05, 3.63) is 42.0 Å². The highest BCUT2D eigenvalue weighted by Gasteiger charge is 2.20. The van der Waals surface area contributed by atoms with Crippen LogP contribution in [0.15, 0.2) is 46.2 Å². The van der Waals surface area contributed by atoms with Gasteiger partial charge in [0.25, 0.3) is 5.91 Å². The van der Waals surface area contributed by atoms with Crippen molar-refractivity contribution in [2.45, 2.75) is 16.7 Å². The maximum Gasteiger partial charge on any atom is 0.261 e. The Hall–Kier alpha value is -2.58. The van der Waals surface area contributed by atoms with E-state index in [-0.39, 0.29) is 32.8 Å². The Balaban J connectivity index is 1.95. The van der Waals surface area contributed by atoms with Gasteiger partial charge in [0.05, 0.1) is 32.7 Å². The van der Waals surface area contributed by atoms with Crippen molar-refractivity contribution in [1.29, 1.82) is 0 Å². The summed E-state index contributed by atoms with van der Waals surface area (Å²) >= 11 is 1.05. The van der Waals surface area contributed by atoms with Crippen molar-refractivity contribution in [3.63, 3.8) is 0 Å². The summed E-state index contributed by atoms with van der Waals surface area (Å²) in [5, 5.41) is 7.91. The Bertz CT molecular complexity index is 1330. The molecular formula is C17H18N4O6S3. The molecule has 13 heteroatoms. The van der Waals surface area contributed by atoms with Crippen LogP contribution < -0.4 is 19.9 Å². The molecule has 0 saturated carbocycles. The number of primary sulfonamides is 1. The molecule has 30 heavy (non-hydrogen) atoms. The summed E-state index contributed by atoms with van der Waals surface area (Å²) in [6.45, 7) is 1.84. The monoisotopic (exact) mass is 470 g/mol. The molecule has 0 aliphatic carbocycles. The van der Waals surface area contributed by atoms with Crippen LogP contribution in [0.2, 0.25) is 0 Å². The van der Waals surface area contributed by atoms with Crippen LogP contribution in [0.25, 0.3) is 10.2 Å². The van der Waals surface area contributed by atoms with Crippen LogP contribution in [-0.2, 0) is 20.0 Å². The van der Waals surface area contributed by atoms with Crippen molar-refractivity contribution in [2.24, 2.45) is 5.14 Å². The molecule has 0 radical (unpaired) electrons. The highest BCUT2D eigenvalue weighted by atomic mass is 32.2. The number of ether oxygens (including phenoxy) is 1. The number of benzene rings is 2. The lowest BCUT2D eigenvalue weighted by atomic mass is 10.2. The van der Waals surface area contributed by atoms with Gasteiger partial charge in [0.15, 0.2) is 5.13 Å². The second kappa shape index (κ2) is 8.28. The SMILES string of the molecule is CCNS(=O)(=O)c1ccc(OC)c(C(=O)Nc2nc3ccc(S(N)(=O)=O)cc3s2)c1. The summed E-state index contributed by atoms with van der Waals surface area (Å²) < 4.78 is 55.5. The number of aromatic nitrogens is 1. The maximum absolute atomic E-state index is 12.8. The molecule has 0 unspecified atom stereocenters. The van der Waals surface area contributed by atoms with Crippen molar-refractivity contribution >= 4 is 52.6 Å². The molecule has 0 aliphatic heterocycles. The number of carbonyl (C=O) groups is 1. The lowest BCUT2D eigenvalue weighted by molar-refractivity contribution is 0.102. The molecule has 160 valence electrons. The fraction of sp³-hybridized carbons (Fsp3) is 0.176. The quantitative estimate of drug-likeness (QED) is 0.472. The highest BCUT2D eigenvalue weighted by Crippen LogP contribution is 2.29. The van der Waals surface area contributed by atoms with E-state index >= 15 is 0 Å². The molecule has 3 aromatic rings. The van der Waals surface area contributed by atoms with Gasteiger partial charge in [-0.15, -0.1) is 0 Å². The molecule has 0 spiro atoms. The van der Waals surface area contributed by atoms with Gasteiger partial charge in [-0.2, -0.15) is 0 Å². The third-order valence-electron chi connectivity index (χ3n) is 3.97. The number of fused-ring (bicyclic) bond motifs is 1. The Morgan fingerprint density at radius 3 is 2.47 bits per heavy atom. The maximum atomic E-state index is 12.8. The molecule has 1 aromatic heterocycles. The van der Waals surface area contributed by atoms with Gasteiger partial charge in [-0.05, 0) is 36.4 Å². The van der Waals surface area contributed by atoms with Gasteiger partial charge in [-0.1, -0.05) is 18.3 Å². The summed E-state index contributed by atoms with van der Waals surface area (Å²) in [4.78, 5) is 16.9. The molecule has 10 nitrogen and oxygen atoms in total. The van der Waals surface area contributed by atoms with Crippen LogP contribution in [0.5, 0.6) is 5.75 Å². The highest BCUT2D eigenvalue weighted by molar-refractivity contribution is 7.89. The number of anilines is 1. The Kier molecular flexibility index (Phi) is 6.10. The first-order valence-corrected chi connectivity index (χ1v) is 12.3. The molecule has 2 aromatic carbocycles. The van der Waals surface area contributed by atoms with E-state index in [0.29, 0.717) is 10.2 Å². The number of hydrogen-bond acceptors (Lipinski definition) is 8. The van der Waals surface area contributed by atoms with Gasteiger partial charge in [0, 0.05) is 6.54 Å². The van der Waals surface area contributed by atoms with Crippen molar-refractivity contribution < 1.29 is 26.4 Å². The second-order valence-electron chi connectivity index (χ2n) is 6.01. The number of methoxy groups -OCH3 is 1. The summed E-state index contributed by atoms with van der Waals surface area (Å²) in [6.07, 6.45) is 0. The Morgan fingerprint density at radius 2 is 1.83 bits per heavy atom. The number of nitrogens with zero attached hydrogens (tertiary/aromatic N) is 1. The van der Waals surface area contributed by atoms with Crippen LogP contribution in [0.4, 0.5) is 5.13 Å². The summed E-state index contributed by atoms with van der Waals surface area (Å²) in [5.41, 5.74) is 0.471. The average molecular weight is 471 g/mol. The van der Waals surface area contributed by atoms with E-state index in [1.54, 1.807) is 6.92 Å². The first-order chi connectivity index (χ1) is 14.0. The van der Waals surface area contributed by atoms with Crippen molar-refractivity contribution in [2.75, 3.05) is 19.0 Å². The third kappa shape index (κ3) is 4.60. The zero-order valence-corrected chi connectivity index (χ0v) is 18.3. The fourth-order valence-corrected chi connectivity index (χ4v) is 5.19.